The molecule has 0 saturated carbocycles. The maximum Gasteiger partial charge on any atom is 0.268 e. The van der Waals surface area contributed by atoms with Gasteiger partial charge >= 0.3 is 0 Å². The van der Waals surface area contributed by atoms with E-state index >= 15 is 0 Å². The number of imidazole rings is 4. The standard InChI is InChI=1S/C22H18ClN9.2C20H14ClN9S.C18H14ClN9/c1-12(29-22-20(25-2)21(24)27-11-28-22)15-9-18-26-10-17(23)32(18)30-19(15)14-5-4-13-6-7-31(3)16(13)8-14;2*1-10(28-20-18(23-2)19(22)25-8-26-20)12-6-16-24-7-15(21)30(16)29-17(12)11-3-4-14-13(5-11)27-9-31-14;1-10(26-18-16(21-2)17(20)24-9-25-18)12-7-14-23-8-13(19)28(14)27-15(12)11-3-5-22-6-4-11/h4-12H,1,3H3,(H3,24,27,28,29);2*3-10H,1H3,(H3,22,25,26,28);3-10H,1H3,(H3,20,24,25,26)/t12-;3*10-/m0100/s1. The van der Waals surface area contributed by atoms with Crippen molar-refractivity contribution in [2.45, 2.75) is 51.9 Å². The van der Waals surface area contributed by atoms with Crippen molar-refractivity contribution < 1.29 is 0 Å². The number of pyridine rings is 1. The molecule has 0 aliphatic rings. The topological polar surface area (TPSA) is 437 Å². The molecule has 16 aromatic heterocycles. The van der Waals surface area contributed by atoms with Crippen LogP contribution in [0.15, 0.2) is 177 Å². The van der Waals surface area contributed by atoms with E-state index in [1.165, 1.54) is 25.3 Å². The van der Waals surface area contributed by atoms with E-state index in [0.717, 1.165) is 81.5 Å². The van der Waals surface area contributed by atoms with Crippen LogP contribution in [0.5, 0.6) is 0 Å². The second-order valence-corrected chi connectivity index (χ2v) is 30.3. The molecule has 36 nitrogen and oxygen atoms in total. The normalized spacial score (nSPS) is 12.1. The highest BCUT2D eigenvalue weighted by Gasteiger charge is 2.27. The van der Waals surface area contributed by atoms with Crippen LogP contribution in [-0.4, -0.2) is 118 Å². The maximum absolute atomic E-state index is 7.43. The lowest BCUT2D eigenvalue weighted by Crippen LogP contribution is -2.12. The number of halogens is 4. The van der Waals surface area contributed by atoms with Crippen LogP contribution in [0.1, 0.15) is 74.1 Å². The van der Waals surface area contributed by atoms with Crippen LogP contribution in [0.2, 0.25) is 20.6 Å². The number of nitrogens with one attached hydrogen (secondary N) is 4. The SMILES string of the molecule is [C-]#[N+]c1c(N)ncnc1N[C@@H](C)c1cc2ncc(Cl)n2nc1-c1ccc2ccn(C)c2c1.[C-]#[N+]c1c(N)ncnc1N[C@@H](C)c1cc2ncc(Cl)n2nc1-c1ccc2scnc2c1.[C-]#[N+]c1c(N)ncnc1N[C@@H](C)c1cc2ncc(Cl)n2nc1-c1ccncc1.[C-]#[N+]c1c(N)ncnc1N[C@H](C)c1cc2ncc(Cl)n2nc1-c1ccc2scnc2c1. The Hall–Kier alpha value is -15.6. The number of aromatic nitrogens is 24. The summed E-state index contributed by atoms with van der Waals surface area (Å²) in [7, 11) is 2.01. The molecule has 122 heavy (non-hydrogen) atoms. The predicted octanol–water partition coefficient (Wildman–Crippen LogP) is 17.7. The van der Waals surface area contributed by atoms with Gasteiger partial charge < -0.3 is 48.8 Å². The second kappa shape index (κ2) is 34.2. The number of anilines is 8. The summed E-state index contributed by atoms with van der Waals surface area (Å²) in [5.41, 5.74) is 42.9. The summed E-state index contributed by atoms with van der Waals surface area (Å²) >= 11 is 28.2. The first-order valence-corrected chi connectivity index (χ1v) is 39.7. The maximum atomic E-state index is 7.43. The number of hydrogen-bond acceptors (Lipinski definition) is 29. The zero-order valence-corrected chi connectivity index (χ0v) is 68.9. The van der Waals surface area contributed by atoms with Crippen LogP contribution < -0.4 is 44.2 Å². The van der Waals surface area contributed by atoms with Crippen LogP contribution in [0.25, 0.3) is 118 Å². The number of thiazole rings is 2. The average molecular weight is 1730 g/mol. The first kappa shape index (κ1) is 80.2. The zero-order chi connectivity index (χ0) is 85.1. The third-order valence-electron chi connectivity index (χ3n) is 19.4. The third kappa shape index (κ3) is 16.0. The van der Waals surface area contributed by atoms with Crippen molar-refractivity contribution in [1.29, 1.82) is 0 Å². The summed E-state index contributed by atoms with van der Waals surface area (Å²) in [6.45, 7) is 37.4. The van der Waals surface area contributed by atoms with Gasteiger partial charge in [-0.15, -0.1) is 22.7 Å². The number of rotatable bonds is 16. The highest BCUT2D eigenvalue weighted by Crippen LogP contribution is 2.41. The van der Waals surface area contributed by atoms with E-state index in [-0.39, 0.29) is 70.2 Å². The molecule has 600 valence electrons. The molecule has 0 bridgehead atoms. The predicted molar refractivity (Wildman–Crippen MR) is 473 cm³/mol. The average Bonchev–Trinajstić information content (AvgIpc) is 1.47. The van der Waals surface area contributed by atoms with Gasteiger partial charge in [0.25, 0.3) is 22.7 Å². The summed E-state index contributed by atoms with van der Waals surface area (Å²) in [5.74, 6) is 1.96. The molecule has 12 N–H and O–H groups in total. The van der Waals surface area contributed by atoms with Crippen molar-refractivity contribution in [3.05, 3.63) is 265 Å². The highest BCUT2D eigenvalue weighted by molar-refractivity contribution is 7.17. The molecule has 3 aromatic carbocycles. The minimum Gasteiger partial charge on any atom is -0.392 e. The van der Waals surface area contributed by atoms with Crippen LogP contribution >= 0.6 is 69.1 Å². The molecule has 0 aliphatic heterocycles. The number of nitrogens with two attached hydrogens (primary N) is 4. The van der Waals surface area contributed by atoms with Crippen molar-refractivity contribution in [2.75, 3.05) is 44.2 Å². The summed E-state index contributed by atoms with van der Waals surface area (Å²) in [6, 6.07) is 30.6. The molecule has 19 rings (SSSR count). The lowest BCUT2D eigenvalue weighted by atomic mass is 10.0. The van der Waals surface area contributed by atoms with Gasteiger partial charge in [-0.3, -0.25) is 4.98 Å². The number of hydrogen-bond donors (Lipinski definition) is 8. The zero-order valence-electron chi connectivity index (χ0n) is 64.2. The fourth-order valence-electron chi connectivity index (χ4n) is 13.3. The van der Waals surface area contributed by atoms with Gasteiger partial charge in [0, 0.05) is 75.7 Å². The molecule has 0 unspecified atom stereocenters. The number of aryl methyl sites for hydroxylation is 1. The molecule has 0 fully saturated rings. The largest absolute Gasteiger partial charge is 0.392 e. The molecule has 0 aliphatic carbocycles. The van der Waals surface area contributed by atoms with Gasteiger partial charge in [0.05, 0.1) is 129 Å². The molecule has 16 heterocycles. The van der Waals surface area contributed by atoms with Gasteiger partial charge in [0.15, 0.2) is 43.2 Å². The number of nitrogens with zero attached hydrogens (tertiary/aromatic N) is 28. The molecule has 0 amide bonds. The number of benzene rings is 3. The fourth-order valence-corrected chi connectivity index (χ4v) is 15.3. The van der Waals surface area contributed by atoms with E-state index in [1.54, 1.807) is 77.9 Å². The third-order valence-corrected chi connectivity index (χ3v) is 22.0. The van der Waals surface area contributed by atoms with Crippen molar-refractivity contribution in [2.24, 2.45) is 7.05 Å². The van der Waals surface area contributed by atoms with Gasteiger partial charge in [-0.05, 0) is 106 Å². The van der Waals surface area contributed by atoms with Crippen LogP contribution in [-0.2, 0) is 7.05 Å². The van der Waals surface area contributed by atoms with E-state index in [1.807, 2.05) is 131 Å². The minimum absolute atomic E-state index is 0.127. The fraction of sp³-hybridized carbons (Fsp3) is 0.113. The Bertz CT molecular complexity index is 7210. The highest BCUT2D eigenvalue weighted by atomic mass is 35.5. The van der Waals surface area contributed by atoms with Crippen molar-refractivity contribution >= 4 is 192 Å². The summed E-state index contributed by atoms with van der Waals surface area (Å²) in [4.78, 5) is 76.3. The first-order valence-electron chi connectivity index (χ1n) is 36.4. The van der Waals surface area contributed by atoms with Crippen molar-refractivity contribution in [1.82, 2.24) is 118 Å². The van der Waals surface area contributed by atoms with Crippen LogP contribution in [0, 0.1) is 26.3 Å². The van der Waals surface area contributed by atoms with Gasteiger partial charge in [-0.2, -0.15) is 20.4 Å². The Morgan fingerprint density at radius 1 is 0.369 bits per heavy atom. The van der Waals surface area contributed by atoms with E-state index in [2.05, 4.69) is 143 Å². The monoisotopic (exact) mass is 1730 g/mol. The van der Waals surface area contributed by atoms with Gasteiger partial charge in [-0.25, -0.2) is 107 Å². The Balaban J connectivity index is 0.000000121. The van der Waals surface area contributed by atoms with E-state index in [4.69, 9.17) is 111 Å². The smallest absolute Gasteiger partial charge is 0.268 e. The van der Waals surface area contributed by atoms with Gasteiger partial charge in [-0.1, -0.05) is 70.7 Å². The summed E-state index contributed by atoms with van der Waals surface area (Å²) < 4.78 is 10.6. The molecule has 0 radical (unpaired) electrons. The number of nitrogen functional groups attached to an aromatic ring is 4. The summed E-state index contributed by atoms with van der Waals surface area (Å²) in [5, 5.41) is 34.8. The molecular weight excluding hydrogens is 1670 g/mol. The molecule has 0 spiro atoms. The summed E-state index contributed by atoms with van der Waals surface area (Å²) in [6.07, 6.45) is 16.9. The van der Waals surface area contributed by atoms with Crippen LogP contribution in [0.3, 0.4) is 0 Å². The minimum atomic E-state index is -0.274. The molecule has 19 aromatic rings. The molecule has 0 saturated heterocycles. The Morgan fingerprint density at radius 3 is 1.01 bits per heavy atom. The first-order chi connectivity index (χ1) is 59.1. The Morgan fingerprint density at radius 2 is 0.680 bits per heavy atom. The van der Waals surface area contributed by atoms with E-state index in [0.29, 0.717) is 83.6 Å². The second-order valence-electron chi connectivity index (χ2n) is 26.9. The Kier molecular flexibility index (Phi) is 22.5. The van der Waals surface area contributed by atoms with Crippen molar-refractivity contribution in [3.8, 4) is 45.0 Å². The number of fused-ring (bicyclic) bond motifs is 7. The van der Waals surface area contributed by atoms with Gasteiger partial charge in [0.2, 0.25) is 0 Å². The molecule has 42 heteroatoms. The van der Waals surface area contributed by atoms with Gasteiger partial charge in [0.1, 0.15) is 71.9 Å². The lowest BCUT2D eigenvalue weighted by molar-refractivity contribution is 0.841. The quantitative estimate of drug-likeness (QED) is 0.0416. The van der Waals surface area contributed by atoms with E-state index in [9.17, 15) is 0 Å². The Labute approximate surface area is 718 Å². The molecular formula is C80H60Cl4N36S2. The molecule has 4 atom stereocenters. The lowest BCUT2D eigenvalue weighted by Gasteiger charge is -2.19. The van der Waals surface area contributed by atoms with Crippen molar-refractivity contribution in [3.63, 3.8) is 0 Å². The van der Waals surface area contributed by atoms with Crippen LogP contribution in [0.4, 0.5) is 69.3 Å². The van der Waals surface area contributed by atoms with E-state index < -0.39 is 0 Å².